The van der Waals surface area contributed by atoms with Crippen molar-refractivity contribution in [1.82, 2.24) is 30.0 Å². The van der Waals surface area contributed by atoms with Crippen LogP contribution in [0.2, 0.25) is 0 Å². The molecular weight excluding hydrogens is 468 g/mol. The van der Waals surface area contributed by atoms with E-state index in [1.807, 2.05) is 30.3 Å². The molecule has 9 nitrogen and oxygen atoms in total. The van der Waals surface area contributed by atoms with Crippen LogP contribution in [0.5, 0.6) is 11.6 Å². The molecule has 0 aliphatic heterocycles. The van der Waals surface area contributed by atoms with Gasteiger partial charge >= 0.3 is 0 Å². The normalized spacial score (nSPS) is 11.0. The molecule has 0 radical (unpaired) electrons. The van der Waals surface area contributed by atoms with E-state index in [0.29, 0.717) is 11.5 Å². The third-order valence-electron chi connectivity index (χ3n) is 5.45. The van der Waals surface area contributed by atoms with Crippen molar-refractivity contribution in [3.05, 3.63) is 77.8 Å². The number of ether oxygens (including phenoxy) is 1. The number of halogens is 2. The third-order valence-corrected chi connectivity index (χ3v) is 5.45. The average Bonchev–Trinajstić information content (AvgIpc) is 3.50. The molecule has 1 amide bonds. The summed E-state index contributed by atoms with van der Waals surface area (Å²) >= 11 is 0. The summed E-state index contributed by atoms with van der Waals surface area (Å²) in [5, 5.41) is 10.2. The zero-order chi connectivity index (χ0) is 25.4. The first kappa shape index (κ1) is 23.0. The molecule has 0 bridgehead atoms. The van der Waals surface area contributed by atoms with Gasteiger partial charge in [0.05, 0.1) is 11.2 Å². The lowest BCUT2D eigenvalue weighted by Crippen LogP contribution is -2.24. The van der Waals surface area contributed by atoms with E-state index in [-0.39, 0.29) is 28.2 Å². The fraction of sp³-hybridized carbons (Fsp3) is 0.120. The minimum absolute atomic E-state index is 0.0275. The minimum Gasteiger partial charge on any atom is -0.435 e. The number of nitrogens with one attached hydrogen (secondary N) is 3. The van der Waals surface area contributed by atoms with Crippen molar-refractivity contribution in [2.45, 2.75) is 6.92 Å². The Bertz CT molecular complexity index is 1580. The van der Waals surface area contributed by atoms with Crippen LogP contribution in [0, 0.1) is 18.6 Å². The van der Waals surface area contributed by atoms with Gasteiger partial charge in [-0.05, 0) is 18.6 Å². The van der Waals surface area contributed by atoms with Gasteiger partial charge in [0.25, 0.3) is 5.91 Å². The van der Waals surface area contributed by atoms with E-state index in [1.54, 1.807) is 27.1 Å². The number of amides is 1. The molecule has 182 valence electrons. The Morgan fingerprint density at radius 3 is 2.61 bits per heavy atom. The zero-order valence-electron chi connectivity index (χ0n) is 19.6. The topological polar surface area (TPSA) is 112 Å². The van der Waals surface area contributed by atoms with Crippen LogP contribution in [0.4, 0.5) is 20.4 Å². The number of benzene rings is 2. The van der Waals surface area contributed by atoms with Crippen LogP contribution >= 0.6 is 0 Å². The number of hydrogen-bond acceptors (Lipinski definition) is 6. The summed E-state index contributed by atoms with van der Waals surface area (Å²) < 4.78 is 35.5. The Labute approximate surface area is 204 Å². The van der Waals surface area contributed by atoms with Gasteiger partial charge in [0, 0.05) is 37.3 Å². The molecule has 5 rings (SSSR count). The molecule has 3 heterocycles. The predicted octanol–water partition coefficient (Wildman–Crippen LogP) is 5.17. The van der Waals surface area contributed by atoms with Gasteiger partial charge in [0.1, 0.15) is 11.9 Å². The van der Waals surface area contributed by atoms with E-state index in [0.717, 1.165) is 23.7 Å². The van der Waals surface area contributed by atoms with Crippen LogP contribution < -0.4 is 10.1 Å². The Morgan fingerprint density at radius 1 is 1.08 bits per heavy atom. The smallest absolute Gasteiger partial charge is 0.262 e. The molecule has 0 saturated carbocycles. The third kappa shape index (κ3) is 4.22. The van der Waals surface area contributed by atoms with Gasteiger partial charge in [-0.1, -0.05) is 30.3 Å². The standard InChI is InChI=1S/C25H21F2N7O2/c1-13-9-15-21(27)18(10-16(26)22(15)30-13)36-24-20(25(35)34(2)3)23(28-12-29-24)31-19-11-17(32-33-19)14-7-5-4-6-8-14/h4-12,30H,1-3H3,(H2,28,29,31,32,33). The van der Waals surface area contributed by atoms with Gasteiger partial charge in [0.2, 0.25) is 5.88 Å². The number of fused-ring (bicyclic) bond motifs is 1. The van der Waals surface area contributed by atoms with Gasteiger partial charge in [-0.3, -0.25) is 9.89 Å². The van der Waals surface area contributed by atoms with Gasteiger partial charge in [-0.2, -0.15) is 5.10 Å². The highest BCUT2D eigenvalue weighted by molar-refractivity contribution is 6.01. The molecule has 11 heteroatoms. The van der Waals surface area contributed by atoms with E-state index in [4.69, 9.17) is 4.74 Å². The summed E-state index contributed by atoms with van der Waals surface area (Å²) in [4.78, 5) is 25.4. The van der Waals surface area contributed by atoms with Crippen molar-refractivity contribution in [3.63, 3.8) is 0 Å². The molecule has 0 atom stereocenters. The summed E-state index contributed by atoms with van der Waals surface area (Å²) in [5.41, 5.74) is 2.21. The van der Waals surface area contributed by atoms with E-state index in [9.17, 15) is 9.18 Å². The van der Waals surface area contributed by atoms with Crippen LogP contribution in [-0.4, -0.2) is 50.1 Å². The average molecular weight is 489 g/mol. The molecule has 36 heavy (non-hydrogen) atoms. The van der Waals surface area contributed by atoms with E-state index in [2.05, 4.69) is 30.5 Å². The number of carbonyl (C=O) groups is 1. The van der Waals surface area contributed by atoms with Crippen LogP contribution in [0.15, 0.2) is 54.9 Å². The van der Waals surface area contributed by atoms with Crippen LogP contribution in [0.25, 0.3) is 22.2 Å². The molecule has 0 aliphatic rings. The first-order valence-electron chi connectivity index (χ1n) is 10.9. The lowest BCUT2D eigenvalue weighted by molar-refractivity contribution is 0.0825. The van der Waals surface area contributed by atoms with Gasteiger partial charge in [-0.25, -0.2) is 18.7 Å². The quantitative estimate of drug-likeness (QED) is 0.303. The highest BCUT2D eigenvalue weighted by atomic mass is 19.1. The van der Waals surface area contributed by atoms with Crippen LogP contribution in [0.3, 0.4) is 0 Å². The number of nitrogens with zero attached hydrogens (tertiary/aromatic N) is 4. The number of rotatable bonds is 6. The maximum absolute atomic E-state index is 15.2. The van der Waals surface area contributed by atoms with Crippen molar-refractivity contribution in [2.24, 2.45) is 0 Å². The number of aryl methyl sites for hydroxylation is 1. The zero-order valence-corrected chi connectivity index (χ0v) is 19.6. The fourth-order valence-electron chi connectivity index (χ4n) is 3.74. The van der Waals surface area contributed by atoms with E-state index >= 15 is 4.39 Å². The molecule has 3 aromatic heterocycles. The molecule has 0 aliphatic carbocycles. The van der Waals surface area contributed by atoms with Crippen molar-refractivity contribution >= 4 is 28.4 Å². The van der Waals surface area contributed by atoms with Crippen molar-refractivity contribution < 1.29 is 18.3 Å². The number of H-pyrrole nitrogens is 2. The Kier molecular flexibility index (Phi) is 5.80. The molecule has 5 aromatic rings. The number of carbonyl (C=O) groups excluding carboxylic acids is 1. The summed E-state index contributed by atoms with van der Waals surface area (Å²) in [5.74, 6) is -2.18. The molecule has 0 unspecified atom stereocenters. The van der Waals surface area contributed by atoms with E-state index in [1.165, 1.54) is 11.0 Å². The first-order chi connectivity index (χ1) is 17.3. The van der Waals surface area contributed by atoms with Crippen LogP contribution in [0.1, 0.15) is 16.1 Å². The predicted molar refractivity (Wildman–Crippen MR) is 130 cm³/mol. The van der Waals surface area contributed by atoms with Crippen LogP contribution in [-0.2, 0) is 0 Å². The molecular formula is C25H21F2N7O2. The Hall–Kier alpha value is -4.80. The number of aromatic amines is 2. The van der Waals surface area contributed by atoms with Crippen molar-refractivity contribution in [2.75, 3.05) is 19.4 Å². The molecule has 0 fully saturated rings. The highest BCUT2D eigenvalue weighted by Gasteiger charge is 2.25. The maximum atomic E-state index is 15.2. The highest BCUT2D eigenvalue weighted by Crippen LogP contribution is 2.35. The number of hydrogen-bond donors (Lipinski definition) is 3. The largest absolute Gasteiger partial charge is 0.435 e. The summed E-state index contributed by atoms with van der Waals surface area (Å²) in [7, 11) is 3.08. The fourth-order valence-corrected chi connectivity index (χ4v) is 3.74. The lowest BCUT2D eigenvalue weighted by Gasteiger charge is -2.17. The Balaban J connectivity index is 1.54. The number of aromatic nitrogens is 5. The van der Waals surface area contributed by atoms with Crippen molar-refractivity contribution in [3.8, 4) is 22.9 Å². The SMILES string of the molecule is Cc1cc2c(F)c(Oc3ncnc(Nc4cc(-c5ccccc5)[nH]n4)c3C(=O)N(C)C)cc(F)c2[nH]1. The number of anilines is 2. The second-order valence-electron chi connectivity index (χ2n) is 8.27. The van der Waals surface area contributed by atoms with Gasteiger partial charge in [-0.15, -0.1) is 0 Å². The molecule has 3 N–H and O–H groups in total. The first-order valence-corrected chi connectivity index (χ1v) is 10.9. The van der Waals surface area contributed by atoms with Gasteiger partial charge in [0.15, 0.2) is 29.0 Å². The molecule has 0 saturated heterocycles. The van der Waals surface area contributed by atoms with E-state index < -0.39 is 23.3 Å². The lowest BCUT2D eigenvalue weighted by atomic mass is 10.1. The summed E-state index contributed by atoms with van der Waals surface area (Å²) in [6.07, 6.45) is 1.15. The second-order valence-corrected chi connectivity index (χ2v) is 8.27. The van der Waals surface area contributed by atoms with Crippen molar-refractivity contribution in [1.29, 1.82) is 0 Å². The summed E-state index contributed by atoms with van der Waals surface area (Å²) in [6.45, 7) is 1.69. The summed E-state index contributed by atoms with van der Waals surface area (Å²) in [6, 6.07) is 13.7. The van der Waals surface area contributed by atoms with Gasteiger partial charge < -0.3 is 19.9 Å². The maximum Gasteiger partial charge on any atom is 0.262 e. The molecule has 0 spiro atoms. The Morgan fingerprint density at radius 2 is 1.86 bits per heavy atom. The molecule has 2 aromatic carbocycles. The second kappa shape index (κ2) is 9.10. The monoisotopic (exact) mass is 489 g/mol. The minimum atomic E-state index is -0.785.